The molecule has 0 saturated heterocycles. The number of ketones is 1. The minimum absolute atomic E-state index is 0.305. The van der Waals surface area contributed by atoms with Gasteiger partial charge in [-0.15, -0.1) is 0 Å². The molecule has 92 valence electrons. The van der Waals surface area contributed by atoms with E-state index in [4.69, 9.17) is 0 Å². The topological polar surface area (TPSA) is 17.1 Å². The van der Waals surface area contributed by atoms with Gasteiger partial charge in [0.15, 0.2) is 5.78 Å². The van der Waals surface area contributed by atoms with Crippen LogP contribution in [0, 0.1) is 0 Å². The number of benzene rings is 2. The first-order chi connectivity index (χ1) is 9.34. The highest BCUT2D eigenvalue weighted by atomic mass is 16.1. The van der Waals surface area contributed by atoms with E-state index in [9.17, 15) is 4.79 Å². The van der Waals surface area contributed by atoms with Crippen molar-refractivity contribution in [3.8, 4) is 0 Å². The molecule has 1 nitrogen and oxygen atoms in total. The van der Waals surface area contributed by atoms with Crippen molar-refractivity contribution in [1.82, 2.24) is 0 Å². The first-order valence-electron chi connectivity index (χ1n) is 6.77. The molecule has 0 bridgehead atoms. The summed E-state index contributed by atoms with van der Waals surface area (Å²) in [6.45, 7) is 0. The lowest BCUT2D eigenvalue weighted by Crippen LogP contribution is -1.99. The summed E-state index contributed by atoms with van der Waals surface area (Å²) in [5, 5.41) is 0. The van der Waals surface area contributed by atoms with Crippen molar-refractivity contribution in [2.45, 2.75) is 19.3 Å². The number of hydrogen-bond donors (Lipinski definition) is 0. The zero-order valence-electron chi connectivity index (χ0n) is 10.6. The molecule has 0 amide bonds. The summed E-state index contributed by atoms with van der Waals surface area (Å²) < 4.78 is 0. The number of allylic oxidation sites excluding steroid dienone is 2. The van der Waals surface area contributed by atoms with Crippen LogP contribution in [0.3, 0.4) is 0 Å². The molecular weight excluding hydrogens is 232 g/mol. The Hall–Kier alpha value is -2.15. The minimum atomic E-state index is 0.305. The van der Waals surface area contributed by atoms with Crippen LogP contribution < -0.4 is 0 Å². The number of hydrogen-bond acceptors (Lipinski definition) is 1. The molecule has 0 saturated carbocycles. The van der Waals surface area contributed by atoms with Crippen LogP contribution in [0.1, 0.15) is 35.1 Å². The molecule has 0 unspecified atom stereocenters. The smallest absolute Gasteiger partial charge is 0.164 e. The van der Waals surface area contributed by atoms with Gasteiger partial charge in [0.05, 0.1) is 0 Å². The molecule has 0 N–H and O–H groups in total. The Morgan fingerprint density at radius 2 is 1.37 bits per heavy atom. The van der Waals surface area contributed by atoms with Gasteiger partial charge in [-0.05, 0) is 40.7 Å². The van der Waals surface area contributed by atoms with Gasteiger partial charge < -0.3 is 0 Å². The number of carbonyl (C=O) groups is 1. The Labute approximate surface area is 112 Å². The zero-order valence-corrected chi connectivity index (χ0v) is 10.6. The summed E-state index contributed by atoms with van der Waals surface area (Å²) in [7, 11) is 0. The molecule has 0 fully saturated rings. The Kier molecular flexibility index (Phi) is 2.22. The van der Waals surface area contributed by atoms with Gasteiger partial charge in [0.1, 0.15) is 0 Å². The van der Waals surface area contributed by atoms with Gasteiger partial charge in [-0.25, -0.2) is 0 Å². The standard InChI is InChI=1S/C18H14O/c19-17-10-9-16-14-7-3-1-5-12(14)11-13-6-2-4-8-15(13)18(16)17/h1-8H,9-11H2. The second-order valence-electron chi connectivity index (χ2n) is 5.27. The average Bonchev–Trinajstić information content (AvgIpc) is 2.75. The van der Waals surface area contributed by atoms with Crippen molar-refractivity contribution in [2.24, 2.45) is 0 Å². The molecule has 0 heterocycles. The van der Waals surface area contributed by atoms with Crippen LogP contribution in [0.25, 0.3) is 11.1 Å². The normalized spacial score (nSPS) is 16.7. The fourth-order valence-electron chi connectivity index (χ4n) is 3.33. The van der Waals surface area contributed by atoms with Gasteiger partial charge in [-0.3, -0.25) is 4.79 Å². The van der Waals surface area contributed by atoms with Crippen molar-refractivity contribution in [3.63, 3.8) is 0 Å². The van der Waals surface area contributed by atoms with E-state index in [0.717, 1.165) is 24.0 Å². The highest BCUT2D eigenvalue weighted by Gasteiger charge is 2.29. The molecule has 2 aromatic rings. The van der Waals surface area contributed by atoms with Gasteiger partial charge in [0.2, 0.25) is 0 Å². The fourth-order valence-corrected chi connectivity index (χ4v) is 3.33. The second-order valence-corrected chi connectivity index (χ2v) is 5.27. The molecule has 0 spiro atoms. The Bertz CT molecular complexity index is 722. The largest absolute Gasteiger partial charge is 0.294 e. The number of fused-ring (bicyclic) bond motifs is 4. The third kappa shape index (κ3) is 1.51. The van der Waals surface area contributed by atoms with Crippen molar-refractivity contribution in [3.05, 3.63) is 70.8 Å². The van der Waals surface area contributed by atoms with E-state index >= 15 is 0 Å². The number of rotatable bonds is 0. The van der Waals surface area contributed by atoms with Crippen LogP contribution >= 0.6 is 0 Å². The summed E-state index contributed by atoms with van der Waals surface area (Å²) >= 11 is 0. The lowest BCUT2D eigenvalue weighted by Gasteiger charge is -2.08. The van der Waals surface area contributed by atoms with Gasteiger partial charge in [-0.2, -0.15) is 0 Å². The molecule has 4 rings (SSSR count). The molecule has 0 aliphatic heterocycles. The summed E-state index contributed by atoms with van der Waals surface area (Å²) in [6.07, 6.45) is 2.47. The van der Waals surface area contributed by atoms with E-state index in [2.05, 4.69) is 42.5 Å². The molecule has 0 aromatic heterocycles. The van der Waals surface area contributed by atoms with Crippen LogP contribution in [0.5, 0.6) is 0 Å². The number of Topliss-reactive ketones (excluding diaryl/α,β-unsaturated/α-hetero) is 1. The Balaban J connectivity index is 2.09. The maximum Gasteiger partial charge on any atom is 0.164 e. The van der Waals surface area contributed by atoms with Crippen LogP contribution in [0.2, 0.25) is 0 Å². The first-order valence-corrected chi connectivity index (χ1v) is 6.77. The van der Waals surface area contributed by atoms with Crippen LogP contribution in [0.4, 0.5) is 0 Å². The third-order valence-electron chi connectivity index (χ3n) is 4.19. The van der Waals surface area contributed by atoms with Gasteiger partial charge >= 0.3 is 0 Å². The van der Waals surface area contributed by atoms with E-state index in [1.165, 1.54) is 22.3 Å². The predicted molar refractivity (Wildman–Crippen MR) is 76.7 cm³/mol. The molecule has 19 heavy (non-hydrogen) atoms. The van der Waals surface area contributed by atoms with E-state index in [1.54, 1.807) is 0 Å². The van der Waals surface area contributed by atoms with E-state index in [0.29, 0.717) is 12.2 Å². The van der Waals surface area contributed by atoms with Gasteiger partial charge in [0, 0.05) is 12.0 Å². The maximum absolute atomic E-state index is 12.3. The fraction of sp³-hybridized carbons (Fsp3) is 0.167. The third-order valence-corrected chi connectivity index (χ3v) is 4.19. The van der Waals surface area contributed by atoms with Crippen molar-refractivity contribution >= 4 is 16.9 Å². The summed E-state index contributed by atoms with van der Waals surface area (Å²) in [5.41, 5.74) is 7.27. The molecule has 2 aliphatic carbocycles. The molecule has 2 aliphatic rings. The minimum Gasteiger partial charge on any atom is -0.294 e. The second kappa shape index (κ2) is 3.92. The summed E-state index contributed by atoms with van der Waals surface area (Å²) in [4.78, 5) is 12.3. The molecule has 0 atom stereocenters. The summed E-state index contributed by atoms with van der Waals surface area (Å²) in [5.74, 6) is 0.305. The van der Waals surface area contributed by atoms with Crippen molar-refractivity contribution in [2.75, 3.05) is 0 Å². The lowest BCUT2D eigenvalue weighted by atomic mass is 9.96. The molecule has 0 radical (unpaired) electrons. The van der Waals surface area contributed by atoms with Crippen LogP contribution in [-0.4, -0.2) is 5.78 Å². The van der Waals surface area contributed by atoms with Crippen molar-refractivity contribution in [1.29, 1.82) is 0 Å². The van der Waals surface area contributed by atoms with E-state index in [1.807, 2.05) is 6.07 Å². The Morgan fingerprint density at radius 3 is 2.16 bits per heavy atom. The van der Waals surface area contributed by atoms with Gasteiger partial charge in [-0.1, -0.05) is 48.5 Å². The number of carbonyl (C=O) groups excluding carboxylic acids is 1. The SMILES string of the molecule is O=C1CCC2=C1c1ccccc1Cc1ccccc12. The van der Waals surface area contributed by atoms with Gasteiger partial charge in [0.25, 0.3) is 0 Å². The quantitative estimate of drug-likeness (QED) is 0.689. The predicted octanol–water partition coefficient (Wildman–Crippen LogP) is 3.86. The molecule has 2 aromatic carbocycles. The van der Waals surface area contributed by atoms with Crippen LogP contribution in [0.15, 0.2) is 48.5 Å². The monoisotopic (exact) mass is 246 g/mol. The highest BCUT2D eigenvalue weighted by molar-refractivity contribution is 6.31. The Morgan fingerprint density at radius 1 is 0.737 bits per heavy atom. The maximum atomic E-state index is 12.3. The highest BCUT2D eigenvalue weighted by Crippen LogP contribution is 2.42. The molecular formula is C18H14O. The zero-order chi connectivity index (χ0) is 12.8. The van der Waals surface area contributed by atoms with Crippen LogP contribution in [-0.2, 0) is 11.2 Å². The van der Waals surface area contributed by atoms with Crippen molar-refractivity contribution < 1.29 is 4.79 Å². The molecule has 1 heteroatoms. The first kappa shape index (κ1) is 10.7. The van der Waals surface area contributed by atoms with E-state index < -0.39 is 0 Å². The van der Waals surface area contributed by atoms with E-state index in [-0.39, 0.29) is 0 Å². The average molecular weight is 246 g/mol. The summed E-state index contributed by atoms with van der Waals surface area (Å²) in [6, 6.07) is 16.8. The lowest BCUT2D eigenvalue weighted by molar-refractivity contribution is -0.113.